The van der Waals surface area contributed by atoms with Crippen LogP contribution in [0.25, 0.3) is 11.3 Å². The van der Waals surface area contributed by atoms with E-state index in [2.05, 4.69) is 39.9 Å². The maximum Gasteiger partial charge on any atom is 0.152 e. The third kappa shape index (κ3) is 5.88. The Kier molecular flexibility index (Phi) is 7.28. The number of nitrogens with one attached hydrogen (secondary N) is 2. The Morgan fingerprint density at radius 3 is 2.58 bits per heavy atom. The van der Waals surface area contributed by atoms with Gasteiger partial charge in [-0.1, -0.05) is 35.3 Å². The molecule has 4 rings (SSSR count). The zero-order chi connectivity index (χ0) is 21.6. The van der Waals surface area contributed by atoms with Crippen molar-refractivity contribution in [1.82, 2.24) is 15.3 Å². The van der Waals surface area contributed by atoms with Crippen molar-refractivity contribution in [2.45, 2.75) is 38.1 Å². The summed E-state index contributed by atoms with van der Waals surface area (Å²) in [5.41, 5.74) is 4.13. The molecule has 0 aliphatic carbocycles. The van der Waals surface area contributed by atoms with Gasteiger partial charge in [0.25, 0.3) is 0 Å². The van der Waals surface area contributed by atoms with Gasteiger partial charge in [0, 0.05) is 29.9 Å². The fourth-order valence-corrected chi connectivity index (χ4v) is 4.40. The van der Waals surface area contributed by atoms with Crippen molar-refractivity contribution in [2.75, 3.05) is 18.4 Å². The molecule has 0 amide bonds. The first-order valence-corrected chi connectivity index (χ1v) is 11.4. The minimum absolute atomic E-state index is 0.0695. The fraction of sp³-hybridized carbons (Fsp3) is 0.333. The number of hydrogen-bond acceptors (Lipinski definition) is 5. The number of aryl methyl sites for hydroxylation is 2. The summed E-state index contributed by atoms with van der Waals surface area (Å²) in [5, 5.41) is 17.3. The molecule has 162 valence electrons. The molecule has 0 atom stereocenters. The third-order valence-corrected chi connectivity index (χ3v) is 6.09. The first-order chi connectivity index (χ1) is 15.1. The van der Waals surface area contributed by atoms with Gasteiger partial charge in [-0.25, -0.2) is 9.97 Å². The molecule has 1 fully saturated rings. The number of phenolic OH excluding ortho intramolecular Hbond substituents is 1. The van der Waals surface area contributed by atoms with Gasteiger partial charge in [0.05, 0.1) is 15.7 Å². The number of benzene rings is 2. The van der Waals surface area contributed by atoms with E-state index in [0.717, 1.165) is 73.5 Å². The lowest BCUT2D eigenvalue weighted by Crippen LogP contribution is -2.35. The lowest BCUT2D eigenvalue weighted by atomic mass is 10.1. The van der Waals surface area contributed by atoms with E-state index < -0.39 is 0 Å². The molecule has 1 aliphatic heterocycles. The summed E-state index contributed by atoms with van der Waals surface area (Å²) in [7, 11) is 0. The second-order valence-electron chi connectivity index (χ2n) is 7.87. The maximum atomic E-state index is 9.69. The van der Waals surface area contributed by atoms with Crippen LogP contribution in [0, 0.1) is 0 Å². The largest absolute Gasteiger partial charge is 0.505 e. The average molecular weight is 457 g/mol. The predicted octanol–water partition coefficient (Wildman–Crippen LogP) is 5.50. The number of piperidine rings is 1. The molecule has 31 heavy (non-hydrogen) atoms. The lowest BCUT2D eigenvalue weighted by Gasteiger charge is -2.24. The van der Waals surface area contributed by atoms with E-state index in [0.29, 0.717) is 6.04 Å². The Morgan fingerprint density at radius 2 is 1.81 bits per heavy atom. The Labute approximate surface area is 192 Å². The summed E-state index contributed by atoms with van der Waals surface area (Å²) in [6, 6.07) is 14.4. The summed E-state index contributed by atoms with van der Waals surface area (Å²) in [6.07, 6.45) is 6.48. The predicted molar refractivity (Wildman–Crippen MR) is 127 cm³/mol. The van der Waals surface area contributed by atoms with Gasteiger partial charge in [-0.15, -0.1) is 0 Å². The Bertz CT molecular complexity index is 1010. The summed E-state index contributed by atoms with van der Waals surface area (Å²) in [4.78, 5) is 9.21. The molecule has 5 nitrogen and oxygen atoms in total. The van der Waals surface area contributed by atoms with Gasteiger partial charge < -0.3 is 15.7 Å². The minimum atomic E-state index is -0.0695. The number of halogens is 2. The molecule has 3 aromatic rings. The molecule has 0 radical (unpaired) electrons. The van der Waals surface area contributed by atoms with Crippen LogP contribution >= 0.6 is 23.2 Å². The van der Waals surface area contributed by atoms with Crippen molar-refractivity contribution in [2.24, 2.45) is 0 Å². The SMILES string of the molecule is Oc1c(Cl)cc(CCCc2nccc(-c3cccc(NC4CCNCC4)c3)n2)cc1Cl. The van der Waals surface area contributed by atoms with Crippen molar-refractivity contribution in [1.29, 1.82) is 0 Å². The Morgan fingerprint density at radius 1 is 1.03 bits per heavy atom. The molecule has 0 spiro atoms. The van der Waals surface area contributed by atoms with Crippen LogP contribution in [0.2, 0.25) is 10.0 Å². The normalized spacial score (nSPS) is 14.5. The topological polar surface area (TPSA) is 70.1 Å². The highest BCUT2D eigenvalue weighted by molar-refractivity contribution is 6.37. The van der Waals surface area contributed by atoms with Crippen molar-refractivity contribution in [3.05, 3.63) is 70.1 Å². The van der Waals surface area contributed by atoms with Gasteiger partial charge in [0.2, 0.25) is 0 Å². The first kappa shape index (κ1) is 21.9. The Balaban J connectivity index is 1.39. The number of hydrogen-bond donors (Lipinski definition) is 3. The number of rotatable bonds is 7. The zero-order valence-corrected chi connectivity index (χ0v) is 18.8. The monoisotopic (exact) mass is 456 g/mol. The number of phenols is 1. The Hall–Kier alpha value is -2.34. The minimum Gasteiger partial charge on any atom is -0.505 e. The van der Waals surface area contributed by atoms with Crippen LogP contribution < -0.4 is 10.6 Å². The molecule has 2 heterocycles. The van der Waals surface area contributed by atoms with Gasteiger partial charge in [0.15, 0.2) is 5.75 Å². The van der Waals surface area contributed by atoms with Crippen LogP contribution in [-0.2, 0) is 12.8 Å². The van der Waals surface area contributed by atoms with Crippen LogP contribution in [0.15, 0.2) is 48.7 Å². The second-order valence-corrected chi connectivity index (χ2v) is 8.68. The molecule has 7 heteroatoms. The van der Waals surface area contributed by atoms with E-state index in [1.807, 2.05) is 12.3 Å². The van der Waals surface area contributed by atoms with E-state index in [9.17, 15) is 5.11 Å². The number of nitrogens with zero attached hydrogens (tertiary/aromatic N) is 2. The number of anilines is 1. The fourth-order valence-electron chi connectivity index (χ4n) is 3.86. The van der Waals surface area contributed by atoms with Crippen LogP contribution in [0.3, 0.4) is 0 Å². The second kappa shape index (κ2) is 10.3. The molecular formula is C24H26Cl2N4O. The molecule has 1 saturated heterocycles. The highest BCUT2D eigenvalue weighted by atomic mass is 35.5. The van der Waals surface area contributed by atoms with Crippen LogP contribution in [0.4, 0.5) is 5.69 Å². The standard InChI is InChI=1S/C24H26Cl2N4O/c25-20-13-16(14-21(26)24(20)31)3-1-6-23-28-12-9-22(30-23)17-4-2-5-19(15-17)29-18-7-10-27-11-8-18/h2,4-5,9,12-15,18,27,29,31H,1,3,6-8,10-11H2. The van der Waals surface area contributed by atoms with Gasteiger partial charge in [0.1, 0.15) is 5.82 Å². The van der Waals surface area contributed by atoms with E-state index in [1.54, 1.807) is 12.1 Å². The number of aromatic nitrogens is 2. The first-order valence-electron chi connectivity index (χ1n) is 10.6. The summed E-state index contributed by atoms with van der Waals surface area (Å²) in [5.74, 6) is 0.741. The van der Waals surface area contributed by atoms with Crippen LogP contribution in [-0.4, -0.2) is 34.2 Å². The van der Waals surface area contributed by atoms with Gasteiger partial charge in [-0.05, 0) is 74.7 Å². The molecule has 1 aromatic heterocycles. The van der Waals surface area contributed by atoms with Crippen molar-refractivity contribution in [3.8, 4) is 17.0 Å². The van der Waals surface area contributed by atoms with Crippen LogP contribution in [0.5, 0.6) is 5.75 Å². The zero-order valence-electron chi connectivity index (χ0n) is 17.2. The van der Waals surface area contributed by atoms with E-state index in [4.69, 9.17) is 28.2 Å². The van der Waals surface area contributed by atoms with Crippen molar-refractivity contribution in [3.63, 3.8) is 0 Å². The average Bonchev–Trinajstić information content (AvgIpc) is 2.78. The molecule has 2 aromatic carbocycles. The van der Waals surface area contributed by atoms with Gasteiger partial charge in [-0.2, -0.15) is 0 Å². The maximum absolute atomic E-state index is 9.69. The molecule has 0 saturated carbocycles. The number of aromatic hydroxyl groups is 1. The third-order valence-electron chi connectivity index (χ3n) is 5.52. The van der Waals surface area contributed by atoms with Gasteiger partial charge in [-0.3, -0.25) is 0 Å². The highest BCUT2D eigenvalue weighted by Gasteiger charge is 2.13. The van der Waals surface area contributed by atoms with E-state index in [-0.39, 0.29) is 15.8 Å². The highest BCUT2D eigenvalue weighted by Crippen LogP contribution is 2.33. The van der Waals surface area contributed by atoms with Crippen LogP contribution in [0.1, 0.15) is 30.7 Å². The lowest BCUT2D eigenvalue weighted by molar-refractivity contribution is 0.475. The molecule has 3 N–H and O–H groups in total. The van der Waals surface area contributed by atoms with Crippen molar-refractivity contribution < 1.29 is 5.11 Å². The summed E-state index contributed by atoms with van der Waals surface area (Å²) < 4.78 is 0. The summed E-state index contributed by atoms with van der Waals surface area (Å²) >= 11 is 12.0. The smallest absolute Gasteiger partial charge is 0.152 e. The quantitative estimate of drug-likeness (QED) is 0.438. The summed E-state index contributed by atoms with van der Waals surface area (Å²) in [6.45, 7) is 2.13. The van der Waals surface area contributed by atoms with Gasteiger partial charge >= 0.3 is 0 Å². The van der Waals surface area contributed by atoms with E-state index in [1.165, 1.54) is 0 Å². The van der Waals surface area contributed by atoms with Crippen molar-refractivity contribution >= 4 is 28.9 Å². The van der Waals surface area contributed by atoms with E-state index >= 15 is 0 Å². The molecular weight excluding hydrogens is 431 g/mol. The molecule has 1 aliphatic rings. The molecule has 0 bridgehead atoms. The molecule has 0 unspecified atom stereocenters.